The number of fused-ring (bicyclic) bond motifs is 1. The summed E-state index contributed by atoms with van der Waals surface area (Å²) in [7, 11) is 0. The number of nitrogens with zero attached hydrogens (tertiary/aromatic N) is 2. The fraction of sp³-hybridized carbons (Fsp3) is 0.786. The van der Waals surface area contributed by atoms with Gasteiger partial charge in [0.05, 0.1) is 6.04 Å². The predicted molar refractivity (Wildman–Crippen MR) is 70.2 cm³/mol. The molecular weight excluding hydrogens is 228 g/mol. The minimum atomic E-state index is -0.425. The molecule has 0 spiro atoms. The fourth-order valence-electron chi connectivity index (χ4n) is 2.72. The van der Waals surface area contributed by atoms with Gasteiger partial charge in [-0.2, -0.15) is 0 Å². The lowest BCUT2D eigenvalue weighted by atomic mass is 10.1. The quantitative estimate of drug-likeness (QED) is 0.614. The third-order valence-electron chi connectivity index (χ3n) is 3.55. The average molecular weight is 250 g/mol. The van der Waals surface area contributed by atoms with Crippen LogP contribution in [0.3, 0.4) is 0 Å². The minimum Gasteiger partial charge on any atom is -0.444 e. The van der Waals surface area contributed by atoms with Gasteiger partial charge in [-0.05, 0) is 33.6 Å². The van der Waals surface area contributed by atoms with Gasteiger partial charge in [0.15, 0.2) is 0 Å². The molecule has 0 aromatic carbocycles. The number of carbonyl (C=O) groups excluding carboxylic acids is 1. The molecular formula is C14H22N2O2. The van der Waals surface area contributed by atoms with Crippen LogP contribution in [-0.4, -0.2) is 53.2 Å². The highest BCUT2D eigenvalue weighted by Crippen LogP contribution is 2.27. The number of amides is 1. The Morgan fingerprint density at radius 1 is 1.33 bits per heavy atom. The van der Waals surface area contributed by atoms with E-state index in [1.807, 2.05) is 25.7 Å². The molecule has 2 rings (SSSR count). The van der Waals surface area contributed by atoms with E-state index in [1.165, 1.54) is 0 Å². The van der Waals surface area contributed by atoms with E-state index in [-0.39, 0.29) is 12.1 Å². The number of rotatable bonds is 0. The second kappa shape index (κ2) is 4.81. The molecule has 0 N–H and O–H groups in total. The normalized spacial score (nSPS) is 28.7. The van der Waals surface area contributed by atoms with Crippen LogP contribution in [0.5, 0.6) is 0 Å². The first-order valence-corrected chi connectivity index (χ1v) is 6.60. The molecule has 18 heavy (non-hydrogen) atoms. The number of hydrogen-bond acceptors (Lipinski definition) is 3. The molecule has 2 saturated heterocycles. The Kier molecular flexibility index (Phi) is 3.54. The van der Waals surface area contributed by atoms with Gasteiger partial charge in [-0.25, -0.2) is 4.79 Å². The van der Waals surface area contributed by atoms with Crippen LogP contribution in [0.2, 0.25) is 0 Å². The average Bonchev–Trinajstić information content (AvgIpc) is 2.68. The maximum absolute atomic E-state index is 12.0. The summed E-state index contributed by atoms with van der Waals surface area (Å²) in [5.41, 5.74) is -0.425. The van der Waals surface area contributed by atoms with Crippen LogP contribution in [0.25, 0.3) is 0 Å². The van der Waals surface area contributed by atoms with Crippen LogP contribution in [-0.2, 0) is 4.74 Å². The molecule has 100 valence electrons. The van der Waals surface area contributed by atoms with Crippen molar-refractivity contribution in [2.75, 3.05) is 19.6 Å². The Morgan fingerprint density at radius 2 is 2.06 bits per heavy atom. The van der Waals surface area contributed by atoms with Gasteiger partial charge in [-0.1, -0.05) is 5.92 Å². The molecule has 2 unspecified atom stereocenters. The standard InChI is InChI=1S/C14H22N2O2/c1-5-11-6-7-12-10-15(8-9-16(11)12)13(17)18-14(2,3)4/h1,11-12H,6-10H2,2-4H3. The first-order valence-electron chi connectivity index (χ1n) is 6.60. The maximum atomic E-state index is 12.0. The summed E-state index contributed by atoms with van der Waals surface area (Å²) in [4.78, 5) is 16.2. The maximum Gasteiger partial charge on any atom is 0.410 e. The minimum absolute atomic E-state index is 0.202. The SMILES string of the molecule is C#CC1CCC2CN(C(=O)OC(C)(C)C)CCN12. The lowest BCUT2D eigenvalue weighted by Gasteiger charge is -2.39. The molecule has 2 heterocycles. The number of terminal acetylenes is 1. The Morgan fingerprint density at radius 3 is 2.67 bits per heavy atom. The van der Waals surface area contributed by atoms with Crippen molar-refractivity contribution in [3.05, 3.63) is 0 Å². The molecule has 0 bridgehead atoms. The van der Waals surface area contributed by atoms with Gasteiger partial charge in [-0.15, -0.1) is 6.42 Å². The molecule has 0 aliphatic carbocycles. The number of hydrogen-bond donors (Lipinski definition) is 0. The van der Waals surface area contributed by atoms with Gasteiger partial charge in [0.2, 0.25) is 0 Å². The van der Waals surface area contributed by atoms with E-state index in [4.69, 9.17) is 11.2 Å². The highest BCUT2D eigenvalue weighted by Gasteiger charge is 2.38. The van der Waals surface area contributed by atoms with Crippen molar-refractivity contribution in [1.82, 2.24) is 9.80 Å². The zero-order valence-corrected chi connectivity index (χ0v) is 11.5. The summed E-state index contributed by atoms with van der Waals surface area (Å²) in [5, 5.41) is 0. The molecule has 2 aliphatic rings. The van der Waals surface area contributed by atoms with Crippen LogP contribution in [0.15, 0.2) is 0 Å². The van der Waals surface area contributed by atoms with Crippen molar-refractivity contribution in [2.45, 2.75) is 51.3 Å². The largest absolute Gasteiger partial charge is 0.444 e. The van der Waals surface area contributed by atoms with Gasteiger partial charge < -0.3 is 9.64 Å². The summed E-state index contributed by atoms with van der Waals surface area (Å²) in [5.74, 6) is 2.84. The van der Waals surface area contributed by atoms with Crippen molar-refractivity contribution in [3.63, 3.8) is 0 Å². The van der Waals surface area contributed by atoms with E-state index < -0.39 is 5.60 Å². The van der Waals surface area contributed by atoms with E-state index in [0.29, 0.717) is 12.6 Å². The van der Waals surface area contributed by atoms with Crippen LogP contribution in [0.4, 0.5) is 4.79 Å². The molecule has 2 fully saturated rings. The third kappa shape index (κ3) is 2.78. The van der Waals surface area contributed by atoms with E-state index in [2.05, 4.69) is 10.8 Å². The van der Waals surface area contributed by atoms with E-state index >= 15 is 0 Å². The lowest BCUT2D eigenvalue weighted by molar-refractivity contribution is 0.00726. The summed E-state index contributed by atoms with van der Waals surface area (Å²) in [6, 6.07) is 0.670. The Bertz CT molecular complexity index is 367. The highest BCUT2D eigenvalue weighted by molar-refractivity contribution is 5.68. The topological polar surface area (TPSA) is 32.8 Å². The second-order valence-corrected chi connectivity index (χ2v) is 6.08. The van der Waals surface area contributed by atoms with Crippen molar-refractivity contribution in [2.24, 2.45) is 0 Å². The molecule has 2 atom stereocenters. The molecule has 4 nitrogen and oxygen atoms in total. The van der Waals surface area contributed by atoms with Crippen LogP contribution in [0, 0.1) is 12.3 Å². The van der Waals surface area contributed by atoms with Gasteiger partial charge in [-0.3, -0.25) is 4.90 Å². The number of ether oxygens (including phenoxy) is 1. The monoisotopic (exact) mass is 250 g/mol. The molecule has 0 aromatic rings. The van der Waals surface area contributed by atoms with Crippen LogP contribution < -0.4 is 0 Å². The zero-order valence-electron chi connectivity index (χ0n) is 11.5. The van der Waals surface area contributed by atoms with Crippen molar-refractivity contribution in [3.8, 4) is 12.3 Å². The lowest BCUT2D eigenvalue weighted by Crippen LogP contribution is -2.54. The molecule has 4 heteroatoms. The molecule has 0 aromatic heterocycles. The molecule has 2 aliphatic heterocycles. The molecule has 1 amide bonds. The molecule has 0 radical (unpaired) electrons. The van der Waals surface area contributed by atoms with Gasteiger partial charge in [0.25, 0.3) is 0 Å². The van der Waals surface area contributed by atoms with E-state index in [1.54, 1.807) is 0 Å². The van der Waals surface area contributed by atoms with Gasteiger partial charge in [0.1, 0.15) is 5.60 Å². The molecule has 0 saturated carbocycles. The van der Waals surface area contributed by atoms with Crippen molar-refractivity contribution < 1.29 is 9.53 Å². The zero-order chi connectivity index (χ0) is 13.3. The van der Waals surface area contributed by atoms with Crippen LogP contribution >= 0.6 is 0 Å². The van der Waals surface area contributed by atoms with Crippen LogP contribution in [0.1, 0.15) is 33.6 Å². The van der Waals surface area contributed by atoms with E-state index in [9.17, 15) is 4.79 Å². The summed E-state index contributed by atoms with van der Waals surface area (Å²) >= 11 is 0. The smallest absolute Gasteiger partial charge is 0.410 e. The number of piperazine rings is 1. The van der Waals surface area contributed by atoms with Gasteiger partial charge in [0, 0.05) is 25.7 Å². The Labute approximate surface area is 109 Å². The Balaban J connectivity index is 1.93. The summed E-state index contributed by atoms with van der Waals surface area (Å²) < 4.78 is 5.41. The number of carbonyl (C=O) groups is 1. The third-order valence-corrected chi connectivity index (χ3v) is 3.55. The van der Waals surface area contributed by atoms with Crippen molar-refractivity contribution in [1.29, 1.82) is 0 Å². The van der Waals surface area contributed by atoms with Gasteiger partial charge >= 0.3 is 6.09 Å². The second-order valence-electron chi connectivity index (χ2n) is 6.08. The Hall–Kier alpha value is -1.21. The first-order chi connectivity index (χ1) is 8.40. The summed E-state index contributed by atoms with van der Waals surface area (Å²) in [6.07, 6.45) is 7.44. The fourth-order valence-corrected chi connectivity index (χ4v) is 2.72. The van der Waals surface area contributed by atoms with E-state index in [0.717, 1.165) is 25.9 Å². The highest BCUT2D eigenvalue weighted by atomic mass is 16.6. The summed E-state index contributed by atoms with van der Waals surface area (Å²) in [6.45, 7) is 8.00. The predicted octanol–water partition coefficient (Wildman–Crippen LogP) is 1.70. The first kappa shape index (κ1) is 13.2. The van der Waals surface area contributed by atoms with Crippen molar-refractivity contribution >= 4 is 6.09 Å².